The molecule has 1 fully saturated rings. The van der Waals surface area contributed by atoms with Crippen LogP contribution >= 0.6 is 11.3 Å². The van der Waals surface area contributed by atoms with Crippen molar-refractivity contribution in [2.24, 2.45) is 0 Å². The third-order valence-corrected chi connectivity index (χ3v) is 4.25. The van der Waals surface area contributed by atoms with Gasteiger partial charge in [0, 0.05) is 29.2 Å². The van der Waals surface area contributed by atoms with Crippen molar-refractivity contribution >= 4 is 17.0 Å². The van der Waals surface area contributed by atoms with Crippen molar-refractivity contribution < 1.29 is 4.74 Å². The molecule has 1 aliphatic heterocycles. The number of rotatable bonds is 2. The first-order valence-electron chi connectivity index (χ1n) is 6.22. The van der Waals surface area contributed by atoms with Crippen molar-refractivity contribution in [2.45, 2.75) is 18.8 Å². The van der Waals surface area contributed by atoms with Crippen LogP contribution in [0.15, 0.2) is 29.6 Å². The second kappa shape index (κ2) is 5.08. The van der Waals surface area contributed by atoms with Gasteiger partial charge < -0.3 is 10.5 Å². The Morgan fingerprint density at radius 2 is 2.11 bits per heavy atom. The van der Waals surface area contributed by atoms with Gasteiger partial charge in [-0.2, -0.15) is 0 Å². The first-order chi connectivity index (χ1) is 8.83. The fourth-order valence-electron chi connectivity index (χ4n) is 2.20. The number of hydrogen-bond acceptors (Lipinski definition) is 4. The number of aromatic nitrogens is 1. The van der Waals surface area contributed by atoms with Gasteiger partial charge in [0.2, 0.25) is 0 Å². The largest absolute Gasteiger partial charge is 0.399 e. The van der Waals surface area contributed by atoms with Gasteiger partial charge in [-0.1, -0.05) is 12.1 Å². The van der Waals surface area contributed by atoms with Crippen LogP contribution in [-0.2, 0) is 4.74 Å². The minimum atomic E-state index is 0.478. The second-order valence-electron chi connectivity index (χ2n) is 4.61. The maximum Gasteiger partial charge on any atom is 0.0986 e. The molecule has 1 aromatic heterocycles. The van der Waals surface area contributed by atoms with Crippen LogP contribution < -0.4 is 5.73 Å². The molecule has 2 N–H and O–H groups in total. The summed E-state index contributed by atoms with van der Waals surface area (Å²) in [4.78, 5) is 4.73. The molecule has 18 heavy (non-hydrogen) atoms. The normalized spacial score (nSPS) is 19.9. The molecule has 94 valence electrons. The van der Waals surface area contributed by atoms with E-state index in [1.807, 2.05) is 24.3 Å². The Morgan fingerprint density at radius 3 is 2.83 bits per heavy atom. The summed E-state index contributed by atoms with van der Waals surface area (Å²) in [5, 5.41) is 3.32. The minimum absolute atomic E-state index is 0.478. The monoisotopic (exact) mass is 260 g/mol. The van der Waals surface area contributed by atoms with Crippen LogP contribution in [0.5, 0.6) is 0 Å². The summed E-state index contributed by atoms with van der Waals surface area (Å²) in [6.07, 6.45) is 2.33. The number of benzene rings is 1. The summed E-state index contributed by atoms with van der Waals surface area (Å²) < 4.78 is 5.52. The second-order valence-corrected chi connectivity index (χ2v) is 5.50. The number of nitrogen functional groups attached to an aromatic ring is 1. The van der Waals surface area contributed by atoms with Gasteiger partial charge in [-0.25, -0.2) is 4.98 Å². The van der Waals surface area contributed by atoms with Gasteiger partial charge >= 0.3 is 0 Å². The molecule has 0 spiro atoms. The van der Waals surface area contributed by atoms with Crippen molar-refractivity contribution in [3.8, 4) is 11.3 Å². The lowest BCUT2D eigenvalue weighted by molar-refractivity contribution is 0.0804. The SMILES string of the molecule is Nc1ccc(-c2csc(C3CCCOC3)n2)cc1. The Kier molecular flexibility index (Phi) is 3.30. The lowest BCUT2D eigenvalue weighted by Gasteiger charge is -2.19. The summed E-state index contributed by atoms with van der Waals surface area (Å²) in [7, 11) is 0. The number of ether oxygens (including phenoxy) is 1. The van der Waals surface area contributed by atoms with E-state index in [9.17, 15) is 0 Å². The highest BCUT2D eigenvalue weighted by Crippen LogP contribution is 2.31. The summed E-state index contributed by atoms with van der Waals surface area (Å²) in [5.41, 5.74) is 8.65. The Labute approximate surface area is 111 Å². The van der Waals surface area contributed by atoms with Gasteiger partial charge in [-0.15, -0.1) is 11.3 Å². The van der Waals surface area contributed by atoms with Crippen LogP contribution in [0.2, 0.25) is 0 Å². The van der Waals surface area contributed by atoms with E-state index in [1.165, 1.54) is 11.4 Å². The summed E-state index contributed by atoms with van der Waals surface area (Å²) in [6.45, 7) is 1.71. The molecule has 2 aromatic rings. The molecule has 3 nitrogen and oxygen atoms in total. The molecule has 0 amide bonds. The third-order valence-electron chi connectivity index (χ3n) is 3.24. The average molecular weight is 260 g/mol. The predicted octanol–water partition coefficient (Wildman–Crippen LogP) is 3.29. The Bertz CT molecular complexity index is 515. The standard InChI is InChI=1S/C14H16N2OS/c15-12-5-3-10(4-6-12)13-9-18-14(16-13)11-2-1-7-17-8-11/h3-6,9,11H,1-2,7-8,15H2. The van der Waals surface area contributed by atoms with Crippen molar-refractivity contribution in [2.75, 3.05) is 18.9 Å². The molecule has 1 unspecified atom stereocenters. The first-order valence-corrected chi connectivity index (χ1v) is 7.10. The zero-order valence-electron chi connectivity index (χ0n) is 10.1. The van der Waals surface area contributed by atoms with Gasteiger partial charge in [0.05, 0.1) is 17.3 Å². The van der Waals surface area contributed by atoms with Crippen molar-refractivity contribution in [3.63, 3.8) is 0 Å². The van der Waals surface area contributed by atoms with E-state index in [0.29, 0.717) is 5.92 Å². The molecule has 0 bridgehead atoms. The van der Waals surface area contributed by atoms with Crippen LogP contribution in [0.4, 0.5) is 5.69 Å². The lowest BCUT2D eigenvalue weighted by atomic mass is 10.0. The fourth-order valence-corrected chi connectivity index (χ4v) is 3.15. The average Bonchev–Trinajstić information content (AvgIpc) is 2.90. The summed E-state index contributed by atoms with van der Waals surface area (Å²) in [6, 6.07) is 7.87. The quantitative estimate of drug-likeness (QED) is 0.843. The smallest absolute Gasteiger partial charge is 0.0986 e. The molecule has 0 radical (unpaired) electrons. The summed E-state index contributed by atoms with van der Waals surface area (Å²) >= 11 is 1.73. The van der Waals surface area contributed by atoms with E-state index >= 15 is 0 Å². The van der Waals surface area contributed by atoms with E-state index in [2.05, 4.69) is 5.38 Å². The number of nitrogens with zero attached hydrogens (tertiary/aromatic N) is 1. The van der Waals surface area contributed by atoms with Crippen molar-refractivity contribution in [1.29, 1.82) is 0 Å². The van der Waals surface area contributed by atoms with Crippen molar-refractivity contribution in [3.05, 3.63) is 34.7 Å². The van der Waals surface area contributed by atoms with Crippen molar-refractivity contribution in [1.82, 2.24) is 4.98 Å². The Hall–Kier alpha value is -1.39. The highest BCUT2D eigenvalue weighted by Gasteiger charge is 2.19. The highest BCUT2D eigenvalue weighted by molar-refractivity contribution is 7.10. The maximum atomic E-state index is 5.69. The molecule has 3 rings (SSSR count). The molecular formula is C14H16N2OS. The zero-order chi connectivity index (χ0) is 12.4. The maximum absolute atomic E-state index is 5.69. The number of hydrogen-bond donors (Lipinski definition) is 1. The van der Waals surface area contributed by atoms with E-state index in [1.54, 1.807) is 11.3 Å². The fraction of sp³-hybridized carbons (Fsp3) is 0.357. The molecule has 1 aromatic carbocycles. The molecule has 0 saturated carbocycles. The van der Waals surface area contributed by atoms with Gasteiger partial charge in [-0.05, 0) is 25.0 Å². The van der Waals surface area contributed by atoms with E-state index < -0.39 is 0 Å². The first kappa shape index (κ1) is 11.7. The molecule has 1 saturated heterocycles. The molecule has 4 heteroatoms. The van der Waals surface area contributed by atoms with E-state index in [0.717, 1.165) is 36.6 Å². The summed E-state index contributed by atoms with van der Waals surface area (Å²) in [5.74, 6) is 0.478. The number of nitrogens with two attached hydrogens (primary N) is 1. The number of anilines is 1. The number of thiazole rings is 1. The van der Waals surface area contributed by atoms with E-state index in [-0.39, 0.29) is 0 Å². The highest BCUT2D eigenvalue weighted by atomic mass is 32.1. The Balaban J connectivity index is 1.82. The van der Waals surface area contributed by atoms with Crippen LogP contribution in [0, 0.1) is 0 Å². The topological polar surface area (TPSA) is 48.1 Å². The van der Waals surface area contributed by atoms with Crippen LogP contribution in [0.25, 0.3) is 11.3 Å². The predicted molar refractivity (Wildman–Crippen MR) is 74.8 cm³/mol. The van der Waals surface area contributed by atoms with Crippen LogP contribution in [0.1, 0.15) is 23.8 Å². The minimum Gasteiger partial charge on any atom is -0.399 e. The Morgan fingerprint density at radius 1 is 1.28 bits per heavy atom. The molecule has 2 heterocycles. The van der Waals surface area contributed by atoms with Gasteiger partial charge in [-0.3, -0.25) is 0 Å². The van der Waals surface area contributed by atoms with E-state index in [4.69, 9.17) is 15.5 Å². The zero-order valence-corrected chi connectivity index (χ0v) is 11.0. The molecule has 0 aliphatic carbocycles. The van der Waals surface area contributed by atoms with Gasteiger partial charge in [0.1, 0.15) is 0 Å². The van der Waals surface area contributed by atoms with Gasteiger partial charge in [0.15, 0.2) is 0 Å². The van der Waals surface area contributed by atoms with Crippen LogP contribution in [0.3, 0.4) is 0 Å². The van der Waals surface area contributed by atoms with Crippen LogP contribution in [-0.4, -0.2) is 18.2 Å². The molecule has 1 atom stereocenters. The third kappa shape index (κ3) is 2.40. The molecular weight excluding hydrogens is 244 g/mol. The van der Waals surface area contributed by atoms with Gasteiger partial charge in [0.25, 0.3) is 0 Å². The molecule has 1 aliphatic rings. The lowest BCUT2D eigenvalue weighted by Crippen LogP contribution is -2.15.